The maximum Gasteiger partial charge on any atom is 0.433 e. The molecule has 2 rings (SSSR count). The fourth-order valence-corrected chi connectivity index (χ4v) is 2.13. The number of nitrogens with zero attached hydrogens (tertiary/aromatic N) is 2. The minimum Gasteiger partial charge on any atom is -0.394 e. The second-order valence-electron chi connectivity index (χ2n) is 6.23. The molecule has 0 radical (unpaired) electrons. The van der Waals surface area contributed by atoms with Crippen LogP contribution in [0.15, 0.2) is 24.3 Å². The average molecular weight is 372 g/mol. The summed E-state index contributed by atoms with van der Waals surface area (Å²) in [6, 6.07) is 4.44. The molecule has 0 saturated heterocycles. The smallest absolute Gasteiger partial charge is 0.394 e. The lowest BCUT2D eigenvalue weighted by Crippen LogP contribution is -2.30. The summed E-state index contributed by atoms with van der Waals surface area (Å²) < 4.78 is 53.0. The quantitative estimate of drug-likeness (QED) is 0.666. The van der Waals surface area contributed by atoms with Crippen molar-refractivity contribution >= 4 is 17.5 Å². The van der Waals surface area contributed by atoms with Crippen LogP contribution in [0.2, 0.25) is 0 Å². The Morgan fingerprint density at radius 2 is 1.85 bits per heavy atom. The number of aliphatic hydroxyl groups is 1. The average Bonchev–Trinajstić information content (AvgIpc) is 2.55. The standard InChI is InChI=1S/C17H20F4N4O/c1-9(2)13(8-26)23-16-24-14(17(19,20)21)7-15(25-16)22-11-5-4-10(3)12(18)6-11/h4-7,9,13,26H,8H2,1-3H3,(H2,22,23,24,25)/t13-/m0/s1. The molecule has 0 amide bonds. The van der Waals surface area contributed by atoms with E-state index in [1.54, 1.807) is 20.8 Å². The Bertz CT molecular complexity index is 765. The van der Waals surface area contributed by atoms with E-state index in [2.05, 4.69) is 20.6 Å². The van der Waals surface area contributed by atoms with Gasteiger partial charge in [-0.2, -0.15) is 18.2 Å². The Morgan fingerprint density at radius 3 is 2.38 bits per heavy atom. The van der Waals surface area contributed by atoms with Gasteiger partial charge in [0.05, 0.1) is 12.6 Å². The molecular weight excluding hydrogens is 352 g/mol. The lowest BCUT2D eigenvalue weighted by atomic mass is 10.1. The summed E-state index contributed by atoms with van der Waals surface area (Å²) in [5, 5.41) is 14.7. The molecule has 142 valence electrons. The minimum atomic E-state index is -4.68. The van der Waals surface area contributed by atoms with Gasteiger partial charge in [-0.3, -0.25) is 0 Å². The van der Waals surface area contributed by atoms with Crippen LogP contribution in [-0.4, -0.2) is 27.7 Å². The number of aryl methyl sites for hydroxylation is 1. The van der Waals surface area contributed by atoms with Crippen LogP contribution in [0.1, 0.15) is 25.1 Å². The van der Waals surface area contributed by atoms with Crippen molar-refractivity contribution in [2.24, 2.45) is 5.92 Å². The Morgan fingerprint density at radius 1 is 1.15 bits per heavy atom. The van der Waals surface area contributed by atoms with E-state index >= 15 is 0 Å². The van der Waals surface area contributed by atoms with Gasteiger partial charge in [-0.1, -0.05) is 19.9 Å². The molecule has 0 bridgehead atoms. The maximum absolute atomic E-state index is 13.6. The van der Waals surface area contributed by atoms with Crippen LogP contribution in [0.3, 0.4) is 0 Å². The highest BCUT2D eigenvalue weighted by Crippen LogP contribution is 2.31. The third-order valence-electron chi connectivity index (χ3n) is 3.78. The second kappa shape index (κ2) is 7.86. The van der Waals surface area contributed by atoms with E-state index in [9.17, 15) is 22.7 Å². The Hall–Kier alpha value is -2.42. The Kier molecular flexibility index (Phi) is 6.01. The molecule has 9 heteroatoms. The molecule has 0 aliphatic heterocycles. The van der Waals surface area contributed by atoms with Crippen LogP contribution in [0.4, 0.5) is 35.0 Å². The number of hydrogen-bond acceptors (Lipinski definition) is 5. The molecule has 1 heterocycles. The third-order valence-corrected chi connectivity index (χ3v) is 3.78. The van der Waals surface area contributed by atoms with Gasteiger partial charge in [0.2, 0.25) is 5.95 Å². The predicted octanol–water partition coefficient (Wildman–Crippen LogP) is 4.12. The number of anilines is 3. The van der Waals surface area contributed by atoms with Gasteiger partial charge in [0.15, 0.2) is 5.69 Å². The number of aliphatic hydroxyl groups excluding tert-OH is 1. The van der Waals surface area contributed by atoms with Crippen molar-refractivity contribution < 1.29 is 22.7 Å². The summed E-state index contributed by atoms with van der Waals surface area (Å²) in [5.74, 6) is -0.958. The molecule has 0 spiro atoms. The third kappa shape index (κ3) is 5.04. The Labute approximate surface area is 148 Å². The largest absolute Gasteiger partial charge is 0.433 e. The van der Waals surface area contributed by atoms with Gasteiger partial charge in [0.1, 0.15) is 11.6 Å². The van der Waals surface area contributed by atoms with E-state index in [4.69, 9.17) is 0 Å². The van der Waals surface area contributed by atoms with Gasteiger partial charge in [0, 0.05) is 11.8 Å². The molecule has 2 aromatic rings. The number of nitrogens with one attached hydrogen (secondary N) is 2. The summed E-state index contributed by atoms with van der Waals surface area (Å²) in [6.45, 7) is 4.89. The van der Waals surface area contributed by atoms with Gasteiger partial charge in [-0.25, -0.2) is 9.37 Å². The summed E-state index contributed by atoms with van der Waals surface area (Å²) in [5.41, 5.74) is -0.474. The van der Waals surface area contributed by atoms with Gasteiger partial charge in [-0.15, -0.1) is 0 Å². The van der Waals surface area contributed by atoms with Gasteiger partial charge in [-0.05, 0) is 30.5 Å². The van der Waals surface area contributed by atoms with Crippen molar-refractivity contribution in [2.45, 2.75) is 33.0 Å². The molecule has 0 aliphatic rings. The normalized spacial score (nSPS) is 13.0. The van der Waals surface area contributed by atoms with Crippen LogP contribution < -0.4 is 10.6 Å². The summed E-state index contributed by atoms with van der Waals surface area (Å²) in [6.07, 6.45) is -4.68. The van der Waals surface area contributed by atoms with Crippen molar-refractivity contribution in [2.75, 3.05) is 17.2 Å². The van der Waals surface area contributed by atoms with E-state index in [1.807, 2.05) is 0 Å². The van der Waals surface area contributed by atoms with E-state index in [0.29, 0.717) is 5.56 Å². The van der Waals surface area contributed by atoms with Crippen molar-refractivity contribution in [3.63, 3.8) is 0 Å². The second-order valence-corrected chi connectivity index (χ2v) is 6.23. The monoisotopic (exact) mass is 372 g/mol. The van der Waals surface area contributed by atoms with E-state index < -0.39 is 23.7 Å². The summed E-state index contributed by atoms with van der Waals surface area (Å²) in [4.78, 5) is 7.47. The van der Waals surface area contributed by atoms with Crippen molar-refractivity contribution in [1.82, 2.24) is 9.97 Å². The Balaban J connectivity index is 2.38. The van der Waals surface area contributed by atoms with Crippen LogP contribution in [0.5, 0.6) is 0 Å². The highest BCUT2D eigenvalue weighted by atomic mass is 19.4. The number of alkyl halides is 3. The van der Waals surface area contributed by atoms with Crippen molar-refractivity contribution in [3.8, 4) is 0 Å². The van der Waals surface area contributed by atoms with E-state index in [1.165, 1.54) is 18.2 Å². The zero-order valence-corrected chi connectivity index (χ0v) is 14.5. The SMILES string of the molecule is Cc1ccc(Nc2cc(C(F)(F)F)nc(N[C@@H](CO)C(C)C)n2)cc1F. The highest BCUT2D eigenvalue weighted by molar-refractivity contribution is 5.58. The van der Waals surface area contributed by atoms with Gasteiger partial charge in [0.25, 0.3) is 0 Å². The number of hydrogen-bond donors (Lipinski definition) is 3. The first-order valence-corrected chi connectivity index (χ1v) is 7.97. The van der Waals surface area contributed by atoms with Crippen LogP contribution >= 0.6 is 0 Å². The summed E-state index contributed by atoms with van der Waals surface area (Å²) >= 11 is 0. The van der Waals surface area contributed by atoms with Crippen LogP contribution in [-0.2, 0) is 6.18 Å². The fraction of sp³-hybridized carbons (Fsp3) is 0.412. The van der Waals surface area contributed by atoms with Crippen molar-refractivity contribution in [1.29, 1.82) is 0 Å². The molecule has 0 aliphatic carbocycles. The zero-order valence-electron chi connectivity index (χ0n) is 14.5. The molecule has 1 atom stereocenters. The van der Waals surface area contributed by atoms with E-state index in [-0.39, 0.29) is 30.0 Å². The molecule has 0 fully saturated rings. The first-order chi connectivity index (χ1) is 12.1. The molecule has 1 aromatic heterocycles. The molecule has 1 aromatic carbocycles. The number of benzene rings is 1. The predicted molar refractivity (Wildman–Crippen MR) is 90.8 cm³/mol. The molecule has 5 nitrogen and oxygen atoms in total. The highest BCUT2D eigenvalue weighted by Gasteiger charge is 2.34. The minimum absolute atomic E-state index is 0.0549. The first-order valence-electron chi connectivity index (χ1n) is 7.97. The molecule has 0 saturated carbocycles. The number of halogens is 4. The molecule has 3 N–H and O–H groups in total. The van der Waals surface area contributed by atoms with Crippen LogP contribution in [0.25, 0.3) is 0 Å². The van der Waals surface area contributed by atoms with Gasteiger partial charge < -0.3 is 15.7 Å². The van der Waals surface area contributed by atoms with Crippen LogP contribution in [0, 0.1) is 18.7 Å². The zero-order chi connectivity index (χ0) is 19.5. The van der Waals surface area contributed by atoms with Crippen molar-refractivity contribution in [3.05, 3.63) is 41.3 Å². The number of aromatic nitrogens is 2. The number of rotatable bonds is 6. The molecular formula is C17H20F4N4O. The molecule has 0 unspecified atom stereocenters. The maximum atomic E-state index is 13.6. The lowest BCUT2D eigenvalue weighted by Gasteiger charge is -2.21. The van der Waals surface area contributed by atoms with E-state index in [0.717, 1.165) is 6.07 Å². The topological polar surface area (TPSA) is 70.1 Å². The molecule has 26 heavy (non-hydrogen) atoms. The lowest BCUT2D eigenvalue weighted by molar-refractivity contribution is -0.141. The summed E-state index contributed by atoms with van der Waals surface area (Å²) in [7, 11) is 0. The first kappa shape index (κ1) is 19.9. The van der Waals surface area contributed by atoms with Gasteiger partial charge >= 0.3 is 6.18 Å². The fourth-order valence-electron chi connectivity index (χ4n) is 2.13.